The van der Waals surface area contributed by atoms with Crippen molar-refractivity contribution in [2.45, 2.75) is 47.2 Å². The van der Waals surface area contributed by atoms with Gasteiger partial charge in [-0.15, -0.1) is 0 Å². The minimum Gasteiger partial charge on any atom is -0.461 e. The first-order valence-electron chi connectivity index (χ1n) is 8.85. The summed E-state index contributed by atoms with van der Waals surface area (Å²) in [6.45, 7) is 8.74. The Morgan fingerprint density at radius 2 is 1.96 bits per heavy atom. The van der Waals surface area contributed by atoms with Crippen LogP contribution in [-0.2, 0) is 16.1 Å². The Labute approximate surface area is 158 Å². The normalized spacial score (nSPS) is 11.7. The van der Waals surface area contributed by atoms with Crippen molar-refractivity contribution >= 4 is 17.7 Å². The number of amides is 1. The molecule has 0 bridgehead atoms. The maximum Gasteiger partial charge on any atom is 0.355 e. The predicted molar refractivity (Wildman–Crippen MR) is 100 cm³/mol. The minimum absolute atomic E-state index is 0.224. The highest BCUT2D eigenvalue weighted by Gasteiger charge is 2.30. The number of aromatic nitrogens is 2. The van der Waals surface area contributed by atoms with Crippen LogP contribution in [0.5, 0.6) is 0 Å². The lowest BCUT2D eigenvalue weighted by molar-refractivity contribution is -0.130. The molecule has 0 aliphatic heterocycles. The average Bonchev–Trinajstić information content (AvgIpc) is 2.93. The van der Waals surface area contributed by atoms with E-state index in [0.29, 0.717) is 22.5 Å². The van der Waals surface area contributed by atoms with Crippen LogP contribution in [0, 0.1) is 13.8 Å². The standard InChI is InChI=1S/C20H25N3O4/c1-6-27-20(26)18-12(2)17(13(3)22-18)19(25)14(4)23(15(5)24)11-16-9-7-8-10-21-16/h7-10,14,22H,6,11H2,1-5H3. The number of carbonyl (C=O) groups is 3. The van der Waals surface area contributed by atoms with E-state index < -0.39 is 12.0 Å². The Bertz CT molecular complexity index is 842. The quantitative estimate of drug-likeness (QED) is 0.597. The van der Waals surface area contributed by atoms with Crippen LogP contribution in [0.25, 0.3) is 0 Å². The number of ether oxygens (including phenoxy) is 1. The molecule has 144 valence electrons. The molecule has 0 aromatic carbocycles. The summed E-state index contributed by atoms with van der Waals surface area (Å²) in [7, 11) is 0. The zero-order valence-electron chi connectivity index (χ0n) is 16.3. The van der Waals surface area contributed by atoms with Gasteiger partial charge in [0, 0.05) is 24.4 Å². The van der Waals surface area contributed by atoms with Crippen LogP contribution in [-0.4, -0.2) is 45.2 Å². The molecule has 27 heavy (non-hydrogen) atoms. The molecule has 0 radical (unpaired) electrons. The van der Waals surface area contributed by atoms with Crippen molar-refractivity contribution in [2.24, 2.45) is 0 Å². The van der Waals surface area contributed by atoms with E-state index in [1.807, 2.05) is 6.07 Å². The number of carbonyl (C=O) groups excluding carboxylic acids is 3. The molecule has 2 heterocycles. The Kier molecular flexibility index (Phi) is 6.50. The number of pyridine rings is 1. The summed E-state index contributed by atoms with van der Waals surface area (Å²) in [5, 5.41) is 0. The van der Waals surface area contributed by atoms with Gasteiger partial charge in [-0.3, -0.25) is 14.6 Å². The van der Waals surface area contributed by atoms with Crippen molar-refractivity contribution in [3.63, 3.8) is 0 Å². The number of rotatable bonds is 7. The van der Waals surface area contributed by atoms with Crippen molar-refractivity contribution in [1.29, 1.82) is 0 Å². The molecule has 2 rings (SSSR count). The Hall–Kier alpha value is -2.96. The lowest BCUT2D eigenvalue weighted by Gasteiger charge is -2.27. The topological polar surface area (TPSA) is 92.4 Å². The van der Waals surface area contributed by atoms with Crippen molar-refractivity contribution < 1.29 is 19.1 Å². The van der Waals surface area contributed by atoms with Gasteiger partial charge < -0.3 is 14.6 Å². The number of hydrogen-bond donors (Lipinski definition) is 1. The van der Waals surface area contributed by atoms with Gasteiger partial charge in [-0.25, -0.2) is 4.79 Å². The highest BCUT2D eigenvalue weighted by atomic mass is 16.5. The second-order valence-electron chi connectivity index (χ2n) is 6.35. The molecule has 2 aromatic rings. The Morgan fingerprint density at radius 1 is 1.26 bits per heavy atom. The smallest absolute Gasteiger partial charge is 0.355 e. The fourth-order valence-corrected chi connectivity index (χ4v) is 3.06. The minimum atomic E-state index is -0.701. The number of Topliss-reactive ketones (excluding diaryl/α,β-unsaturated/α-hetero) is 1. The van der Waals surface area contributed by atoms with Gasteiger partial charge in [-0.1, -0.05) is 6.07 Å². The molecule has 1 N–H and O–H groups in total. The number of nitrogens with one attached hydrogen (secondary N) is 1. The van der Waals surface area contributed by atoms with E-state index in [2.05, 4.69) is 9.97 Å². The van der Waals surface area contributed by atoms with Crippen LogP contribution in [0.4, 0.5) is 0 Å². The number of aromatic amines is 1. The maximum atomic E-state index is 13.1. The molecule has 0 saturated heterocycles. The first-order chi connectivity index (χ1) is 12.8. The van der Waals surface area contributed by atoms with E-state index >= 15 is 0 Å². The first kappa shape index (κ1) is 20.4. The summed E-state index contributed by atoms with van der Waals surface area (Å²) in [5.74, 6) is -0.956. The lowest BCUT2D eigenvalue weighted by atomic mass is 9.99. The number of esters is 1. The van der Waals surface area contributed by atoms with Gasteiger partial charge in [-0.2, -0.15) is 0 Å². The zero-order valence-corrected chi connectivity index (χ0v) is 16.3. The third kappa shape index (κ3) is 4.42. The molecule has 7 nitrogen and oxygen atoms in total. The highest BCUT2D eigenvalue weighted by molar-refractivity contribution is 6.06. The Morgan fingerprint density at radius 3 is 2.52 bits per heavy atom. The maximum absolute atomic E-state index is 13.1. The molecule has 1 unspecified atom stereocenters. The molecule has 7 heteroatoms. The van der Waals surface area contributed by atoms with Gasteiger partial charge in [0.15, 0.2) is 5.78 Å². The van der Waals surface area contributed by atoms with Crippen molar-refractivity contribution in [2.75, 3.05) is 6.61 Å². The zero-order chi connectivity index (χ0) is 20.1. The van der Waals surface area contributed by atoms with Gasteiger partial charge in [-0.05, 0) is 45.4 Å². The second-order valence-corrected chi connectivity index (χ2v) is 6.35. The van der Waals surface area contributed by atoms with E-state index in [1.54, 1.807) is 46.0 Å². The molecule has 1 amide bonds. The summed E-state index contributed by atoms with van der Waals surface area (Å²) in [4.78, 5) is 46.0. The molecule has 0 saturated carbocycles. The van der Waals surface area contributed by atoms with E-state index in [-0.39, 0.29) is 30.5 Å². The van der Waals surface area contributed by atoms with Gasteiger partial charge in [0.05, 0.1) is 24.9 Å². The number of nitrogens with zero attached hydrogens (tertiary/aromatic N) is 2. The van der Waals surface area contributed by atoms with E-state index in [4.69, 9.17) is 4.74 Å². The van der Waals surface area contributed by atoms with Crippen LogP contribution < -0.4 is 0 Å². The molecular formula is C20H25N3O4. The third-order valence-electron chi connectivity index (χ3n) is 4.47. The van der Waals surface area contributed by atoms with E-state index in [1.165, 1.54) is 11.8 Å². The second kappa shape index (κ2) is 8.62. The SMILES string of the molecule is CCOC(=O)c1[nH]c(C)c(C(=O)C(C)N(Cc2ccccn2)C(C)=O)c1C. The fraction of sp³-hybridized carbons (Fsp3) is 0.400. The molecule has 0 aliphatic rings. The molecule has 0 aliphatic carbocycles. The molecule has 1 atom stereocenters. The first-order valence-corrected chi connectivity index (χ1v) is 8.85. The Balaban J connectivity index is 2.32. The predicted octanol–water partition coefficient (Wildman–Crippen LogP) is 2.82. The van der Waals surface area contributed by atoms with Crippen LogP contribution >= 0.6 is 0 Å². The lowest BCUT2D eigenvalue weighted by Crippen LogP contribution is -2.42. The average molecular weight is 371 g/mol. The van der Waals surface area contributed by atoms with Crippen molar-refractivity contribution in [3.8, 4) is 0 Å². The van der Waals surface area contributed by atoms with Gasteiger partial charge in [0.25, 0.3) is 0 Å². The van der Waals surface area contributed by atoms with Crippen LogP contribution in [0.15, 0.2) is 24.4 Å². The van der Waals surface area contributed by atoms with Crippen molar-refractivity contribution in [3.05, 3.63) is 52.6 Å². The van der Waals surface area contributed by atoms with Crippen molar-refractivity contribution in [1.82, 2.24) is 14.9 Å². The number of aryl methyl sites for hydroxylation is 1. The molecule has 0 fully saturated rings. The van der Waals surface area contributed by atoms with E-state index in [0.717, 1.165) is 0 Å². The van der Waals surface area contributed by atoms with Gasteiger partial charge >= 0.3 is 5.97 Å². The summed E-state index contributed by atoms with van der Waals surface area (Å²) in [6.07, 6.45) is 1.65. The number of ketones is 1. The largest absolute Gasteiger partial charge is 0.461 e. The van der Waals surface area contributed by atoms with Crippen LogP contribution in [0.2, 0.25) is 0 Å². The number of hydrogen-bond acceptors (Lipinski definition) is 5. The summed E-state index contributed by atoms with van der Waals surface area (Å²) in [6, 6.07) is 4.73. The van der Waals surface area contributed by atoms with Crippen LogP contribution in [0.1, 0.15) is 58.6 Å². The monoisotopic (exact) mass is 371 g/mol. The third-order valence-corrected chi connectivity index (χ3v) is 4.47. The molecule has 2 aromatic heterocycles. The van der Waals surface area contributed by atoms with Gasteiger partial charge in [0.1, 0.15) is 5.69 Å². The molecular weight excluding hydrogens is 346 g/mol. The van der Waals surface area contributed by atoms with Gasteiger partial charge in [0.2, 0.25) is 5.91 Å². The van der Waals surface area contributed by atoms with Crippen LogP contribution in [0.3, 0.4) is 0 Å². The van der Waals surface area contributed by atoms with E-state index in [9.17, 15) is 14.4 Å². The summed E-state index contributed by atoms with van der Waals surface area (Å²) in [5.41, 5.74) is 2.49. The highest BCUT2D eigenvalue weighted by Crippen LogP contribution is 2.22. The molecule has 0 spiro atoms. The fourth-order valence-electron chi connectivity index (χ4n) is 3.06. The summed E-state index contributed by atoms with van der Waals surface area (Å²) < 4.78 is 5.03. The summed E-state index contributed by atoms with van der Waals surface area (Å²) >= 11 is 0. The number of H-pyrrole nitrogens is 1.